The first-order chi connectivity index (χ1) is 7.99. The molecule has 0 spiro atoms. The van der Waals surface area contributed by atoms with Gasteiger partial charge in [0, 0.05) is 17.1 Å². The number of nitrogens with zero attached hydrogens (tertiary/aromatic N) is 1. The molecule has 0 radical (unpaired) electrons. The molecule has 0 heterocycles. The first-order valence-corrected chi connectivity index (χ1v) is 6.45. The summed E-state index contributed by atoms with van der Waals surface area (Å²) in [4.78, 5) is 12.7. The van der Waals surface area contributed by atoms with Crippen LogP contribution in [0.1, 0.15) is 18.9 Å². The molecule has 4 heteroatoms. The van der Waals surface area contributed by atoms with E-state index in [0.717, 1.165) is 17.4 Å². The molecule has 1 N–H and O–H groups in total. The van der Waals surface area contributed by atoms with E-state index < -0.39 is 5.97 Å². The molecule has 0 amide bonds. The highest BCUT2D eigenvalue weighted by atomic mass is 79.9. The molecule has 3 nitrogen and oxygen atoms in total. The fourth-order valence-electron chi connectivity index (χ4n) is 1.63. The normalized spacial score (nSPS) is 12.7. The maximum atomic E-state index is 10.6. The van der Waals surface area contributed by atoms with Crippen LogP contribution >= 0.6 is 15.9 Å². The summed E-state index contributed by atoms with van der Waals surface area (Å²) in [7, 11) is 1.96. The van der Waals surface area contributed by atoms with Crippen molar-refractivity contribution >= 4 is 21.9 Å². The highest BCUT2D eigenvalue weighted by Crippen LogP contribution is 2.12. The van der Waals surface area contributed by atoms with Crippen molar-refractivity contribution in [2.45, 2.75) is 25.8 Å². The Bertz CT molecular complexity index is 381. The van der Waals surface area contributed by atoms with E-state index in [1.165, 1.54) is 5.56 Å². The summed E-state index contributed by atoms with van der Waals surface area (Å²) >= 11 is 3.44. The highest BCUT2D eigenvalue weighted by Gasteiger charge is 2.12. The predicted molar refractivity (Wildman–Crippen MR) is 72.2 cm³/mol. The summed E-state index contributed by atoms with van der Waals surface area (Å²) in [5.74, 6) is -0.744. The molecular weight excluding hydrogens is 282 g/mol. The second-order valence-electron chi connectivity index (χ2n) is 4.31. The monoisotopic (exact) mass is 299 g/mol. The molecule has 1 atom stereocenters. The lowest BCUT2D eigenvalue weighted by Crippen LogP contribution is -2.32. The second-order valence-corrected chi connectivity index (χ2v) is 5.22. The largest absolute Gasteiger partial charge is 0.481 e. The van der Waals surface area contributed by atoms with E-state index >= 15 is 0 Å². The van der Waals surface area contributed by atoms with Crippen LogP contribution in [-0.2, 0) is 11.2 Å². The number of benzene rings is 1. The van der Waals surface area contributed by atoms with E-state index in [-0.39, 0.29) is 12.5 Å². The van der Waals surface area contributed by atoms with Gasteiger partial charge in [-0.2, -0.15) is 0 Å². The van der Waals surface area contributed by atoms with Crippen molar-refractivity contribution in [1.82, 2.24) is 4.90 Å². The molecule has 0 aliphatic carbocycles. The maximum Gasteiger partial charge on any atom is 0.304 e. The number of aliphatic carboxylic acids is 1. The molecule has 0 fully saturated rings. The average Bonchev–Trinajstić information content (AvgIpc) is 2.25. The Morgan fingerprint density at radius 3 is 2.82 bits per heavy atom. The third-order valence-corrected chi connectivity index (χ3v) is 3.36. The first kappa shape index (κ1) is 14.2. The van der Waals surface area contributed by atoms with E-state index in [1.807, 2.05) is 26.1 Å². The molecule has 0 aliphatic rings. The lowest BCUT2D eigenvalue weighted by Gasteiger charge is -2.23. The molecule has 1 unspecified atom stereocenters. The smallest absolute Gasteiger partial charge is 0.304 e. The maximum absolute atomic E-state index is 10.6. The zero-order chi connectivity index (χ0) is 12.8. The van der Waals surface area contributed by atoms with Crippen molar-refractivity contribution < 1.29 is 9.90 Å². The topological polar surface area (TPSA) is 40.5 Å². The van der Waals surface area contributed by atoms with Gasteiger partial charge in [-0.15, -0.1) is 0 Å². The Labute approximate surface area is 111 Å². The van der Waals surface area contributed by atoms with E-state index in [4.69, 9.17) is 5.11 Å². The number of likely N-dealkylation sites (N-methyl/N-ethyl adjacent to an activating group) is 1. The zero-order valence-corrected chi connectivity index (χ0v) is 11.8. The van der Waals surface area contributed by atoms with Crippen LogP contribution in [-0.4, -0.2) is 35.6 Å². The van der Waals surface area contributed by atoms with Crippen LogP contribution in [0.3, 0.4) is 0 Å². The third-order valence-electron chi connectivity index (χ3n) is 2.86. The fraction of sp³-hybridized carbons (Fsp3) is 0.462. The molecule has 0 saturated carbocycles. The van der Waals surface area contributed by atoms with Crippen LogP contribution < -0.4 is 0 Å². The summed E-state index contributed by atoms with van der Waals surface area (Å²) in [6.07, 6.45) is 1.12. The van der Waals surface area contributed by atoms with Gasteiger partial charge in [-0.05, 0) is 38.1 Å². The summed E-state index contributed by atoms with van der Waals surface area (Å²) in [5, 5.41) is 8.72. The quantitative estimate of drug-likeness (QED) is 0.878. The van der Waals surface area contributed by atoms with Gasteiger partial charge >= 0.3 is 5.97 Å². The lowest BCUT2D eigenvalue weighted by atomic mass is 10.1. The molecule has 1 aromatic rings. The molecule has 0 aromatic heterocycles. The molecule has 94 valence electrons. The van der Waals surface area contributed by atoms with Gasteiger partial charge in [-0.3, -0.25) is 4.79 Å². The SMILES string of the molecule is CC(CC(=O)O)N(C)CCc1cccc(Br)c1. The zero-order valence-electron chi connectivity index (χ0n) is 10.2. The molecule has 0 bridgehead atoms. The van der Waals surface area contributed by atoms with Crippen LogP contribution in [0.4, 0.5) is 0 Å². The van der Waals surface area contributed by atoms with Crippen LogP contribution in [0.5, 0.6) is 0 Å². The van der Waals surface area contributed by atoms with Gasteiger partial charge in [-0.25, -0.2) is 0 Å². The summed E-state index contributed by atoms with van der Waals surface area (Å²) < 4.78 is 1.08. The molecule has 1 aromatic carbocycles. The van der Waals surface area contributed by atoms with Gasteiger partial charge in [0.25, 0.3) is 0 Å². The van der Waals surface area contributed by atoms with Crippen molar-refractivity contribution in [3.63, 3.8) is 0 Å². The van der Waals surface area contributed by atoms with E-state index in [9.17, 15) is 4.79 Å². The van der Waals surface area contributed by atoms with E-state index in [1.54, 1.807) is 0 Å². The lowest BCUT2D eigenvalue weighted by molar-refractivity contribution is -0.138. The summed E-state index contributed by atoms with van der Waals surface area (Å²) in [6.45, 7) is 2.81. The summed E-state index contributed by atoms with van der Waals surface area (Å²) in [5.41, 5.74) is 1.26. The van der Waals surface area contributed by atoms with Crippen molar-refractivity contribution in [2.24, 2.45) is 0 Å². The molecular formula is C13H18BrNO2. The van der Waals surface area contributed by atoms with Crippen LogP contribution in [0, 0.1) is 0 Å². The standard InChI is InChI=1S/C13H18BrNO2/c1-10(8-13(16)17)15(2)7-6-11-4-3-5-12(14)9-11/h3-5,9-10H,6-8H2,1-2H3,(H,16,17). The molecule has 1 rings (SSSR count). The van der Waals surface area contributed by atoms with Crippen molar-refractivity contribution in [2.75, 3.05) is 13.6 Å². The van der Waals surface area contributed by atoms with Gasteiger partial charge in [0.15, 0.2) is 0 Å². The van der Waals surface area contributed by atoms with Crippen molar-refractivity contribution in [1.29, 1.82) is 0 Å². The number of carboxylic acid groups (broad SMARTS) is 1. The Kier molecular flexibility index (Phi) is 5.65. The Morgan fingerprint density at radius 1 is 1.53 bits per heavy atom. The number of hydrogen-bond donors (Lipinski definition) is 1. The molecule has 0 saturated heterocycles. The summed E-state index contributed by atoms with van der Waals surface area (Å²) in [6, 6.07) is 8.26. The number of carbonyl (C=O) groups is 1. The van der Waals surface area contributed by atoms with Gasteiger partial charge in [0.05, 0.1) is 6.42 Å². The average molecular weight is 300 g/mol. The minimum absolute atomic E-state index is 0.0691. The van der Waals surface area contributed by atoms with Crippen molar-refractivity contribution in [3.8, 4) is 0 Å². The predicted octanol–water partition coefficient (Wildman–Crippen LogP) is 2.79. The third kappa shape index (κ3) is 5.33. The molecule has 0 aliphatic heterocycles. The van der Waals surface area contributed by atoms with E-state index in [0.29, 0.717) is 0 Å². The minimum atomic E-state index is -0.744. The fourth-order valence-corrected chi connectivity index (χ4v) is 2.07. The van der Waals surface area contributed by atoms with Gasteiger partial charge in [-0.1, -0.05) is 28.1 Å². The number of rotatable bonds is 6. The first-order valence-electron chi connectivity index (χ1n) is 5.65. The minimum Gasteiger partial charge on any atom is -0.481 e. The Balaban J connectivity index is 2.42. The van der Waals surface area contributed by atoms with Gasteiger partial charge in [0.2, 0.25) is 0 Å². The van der Waals surface area contributed by atoms with Gasteiger partial charge in [0.1, 0.15) is 0 Å². The van der Waals surface area contributed by atoms with Crippen LogP contribution in [0.2, 0.25) is 0 Å². The highest BCUT2D eigenvalue weighted by molar-refractivity contribution is 9.10. The Hall–Kier alpha value is -0.870. The number of halogens is 1. The number of hydrogen-bond acceptors (Lipinski definition) is 2. The number of carboxylic acids is 1. The van der Waals surface area contributed by atoms with Crippen LogP contribution in [0.15, 0.2) is 28.7 Å². The molecule has 17 heavy (non-hydrogen) atoms. The second kappa shape index (κ2) is 6.77. The Morgan fingerprint density at radius 2 is 2.24 bits per heavy atom. The van der Waals surface area contributed by atoms with Gasteiger partial charge < -0.3 is 10.0 Å². The van der Waals surface area contributed by atoms with E-state index in [2.05, 4.69) is 33.0 Å². The van der Waals surface area contributed by atoms with Crippen LogP contribution in [0.25, 0.3) is 0 Å². The van der Waals surface area contributed by atoms with Crippen molar-refractivity contribution in [3.05, 3.63) is 34.3 Å².